The van der Waals surface area contributed by atoms with Crippen LogP contribution in [0, 0.1) is 11.7 Å². The number of benzene rings is 2. The highest BCUT2D eigenvalue weighted by molar-refractivity contribution is 5.94. The van der Waals surface area contributed by atoms with Gasteiger partial charge in [-0.05, 0) is 49.6 Å². The molecule has 0 aliphatic carbocycles. The second-order valence-corrected chi connectivity index (χ2v) is 6.22. The van der Waals surface area contributed by atoms with Crippen molar-refractivity contribution in [1.29, 1.82) is 0 Å². The van der Waals surface area contributed by atoms with E-state index in [4.69, 9.17) is 4.74 Å². The third kappa shape index (κ3) is 4.29. The van der Waals surface area contributed by atoms with Crippen LogP contribution in [0.2, 0.25) is 0 Å². The quantitative estimate of drug-likeness (QED) is 0.874. The summed E-state index contributed by atoms with van der Waals surface area (Å²) in [5, 5.41) is 2.98. The largest absolute Gasteiger partial charge is 0.494 e. The molecule has 25 heavy (non-hydrogen) atoms. The first-order valence-corrected chi connectivity index (χ1v) is 8.68. The Morgan fingerprint density at radius 3 is 2.92 bits per heavy atom. The summed E-state index contributed by atoms with van der Waals surface area (Å²) in [6.07, 6.45) is 0.938. The molecule has 0 spiro atoms. The van der Waals surface area contributed by atoms with Gasteiger partial charge in [-0.3, -0.25) is 4.79 Å². The van der Waals surface area contributed by atoms with Gasteiger partial charge >= 0.3 is 0 Å². The monoisotopic (exact) mass is 342 g/mol. The van der Waals surface area contributed by atoms with Crippen LogP contribution in [0.3, 0.4) is 0 Å². The molecule has 5 heteroatoms. The molecule has 1 amide bonds. The second-order valence-electron chi connectivity index (χ2n) is 6.22. The number of halogens is 1. The molecule has 0 unspecified atom stereocenters. The average Bonchev–Trinajstić information content (AvgIpc) is 3.09. The van der Waals surface area contributed by atoms with Crippen molar-refractivity contribution >= 4 is 11.6 Å². The molecule has 1 aliphatic heterocycles. The first-order chi connectivity index (χ1) is 12.2. The van der Waals surface area contributed by atoms with Gasteiger partial charge in [0.05, 0.1) is 12.3 Å². The van der Waals surface area contributed by atoms with E-state index in [-0.39, 0.29) is 11.7 Å². The minimum Gasteiger partial charge on any atom is -0.494 e. The molecule has 1 saturated heterocycles. The van der Waals surface area contributed by atoms with Crippen molar-refractivity contribution in [2.75, 3.05) is 31.1 Å². The highest BCUT2D eigenvalue weighted by atomic mass is 19.1. The zero-order chi connectivity index (χ0) is 17.6. The molecule has 4 nitrogen and oxygen atoms in total. The number of rotatable bonds is 6. The molecule has 1 fully saturated rings. The van der Waals surface area contributed by atoms with E-state index in [1.54, 1.807) is 24.3 Å². The minimum atomic E-state index is -0.195. The fourth-order valence-electron chi connectivity index (χ4n) is 3.16. The Morgan fingerprint density at radius 2 is 2.12 bits per heavy atom. The summed E-state index contributed by atoms with van der Waals surface area (Å²) in [7, 11) is 0. The number of anilines is 1. The predicted octanol–water partition coefficient (Wildman–Crippen LogP) is 3.48. The molecule has 0 bridgehead atoms. The summed E-state index contributed by atoms with van der Waals surface area (Å²) in [6.45, 7) is 4.62. The molecular weight excluding hydrogens is 319 g/mol. The maximum atomic E-state index is 13.9. The van der Waals surface area contributed by atoms with Crippen LogP contribution in [0.1, 0.15) is 23.7 Å². The standard InChI is InChI=1S/C20H23FN2O2/c1-2-25-17-7-5-6-16(12-17)20(24)22-13-15-10-11-23(14-15)19-9-4-3-8-18(19)21/h3-9,12,15H,2,10-11,13-14H2,1H3,(H,22,24)/t15-/m0/s1. The number of hydrogen-bond donors (Lipinski definition) is 1. The number of ether oxygens (including phenoxy) is 1. The van der Waals surface area contributed by atoms with Crippen LogP contribution in [0.15, 0.2) is 48.5 Å². The summed E-state index contributed by atoms with van der Waals surface area (Å²) >= 11 is 0. The number of nitrogens with one attached hydrogen (secondary N) is 1. The zero-order valence-electron chi connectivity index (χ0n) is 14.4. The molecule has 1 heterocycles. The Labute approximate surface area is 147 Å². The number of hydrogen-bond acceptors (Lipinski definition) is 3. The second kappa shape index (κ2) is 8.01. The maximum Gasteiger partial charge on any atom is 0.251 e. The Bertz CT molecular complexity index is 735. The average molecular weight is 342 g/mol. The van der Waals surface area contributed by atoms with Crippen molar-refractivity contribution in [2.45, 2.75) is 13.3 Å². The van der Waals surface area contributed by atoms with Gasteiger partial charge in [0, 0.05) is 25.2 Å². The van der Waals surface area contributed by atoms with E-state index >= 15 is 0 Å². The van der Waals surface area contributed by atoms with Gasteiger partial charge in [-0.15, -0.1) is 0 Å². The number of para-hydroxylation sites is 1. The van der Waals surface area contributed by atoms with E-state index in [0.717, 1.165) is 19.5 Å². The molecular formula is C20H23FN2O2. The predicted molar refractivity (Wildman–Crippen MR) is 96.7 cm³/mol. The van der Waals surface area contributed by atoms with Crippen molar-refractivity contribution < 1.29 is 13.9 Å². The molecule has 1 N–H and O–H groups in total. The van der Waals surface area contributed by atoms with Crippen LogP contribution < -0.4 is 15.0 Å². The van der Waals surface area contributed by atoms with Crippen LogP contribution in [-0.4, -0.2) is 32.1 Å². The molecule has 3 rings (SSSR count). The number of nitrogens with zero attached hydrogens (tertiary/aromatic N) is 1. The number of amides is 1. The van der Waals surface area contributed by atoms with Gasteiger partial charge in [-0.1, -0.05) is 18.2 Å². The highest BCUT2D eigenvalue weighted by Gasteiger charge is 2.24. The Balaban J connectivity index is 1.53. The first-order valence-electron chi connectivity index (χ1n) is 8.68. The fourth-order valence-corrected chi connectivity index (χ4v) is 3.16. The van der Waals surface area contributed by atoms with Gasteiger partial charge in [0.15, 0.2) is 0 Å². The number of carbonyl (C=O) groups is 1. The number of carbonyl (C=O) groups excluding carboxylic acids is 1. The Morgan fingerprint density at radius 1 is 1.28 bits per heavy atom. The van der Waals surface area contributed by atoms with Crippen molar-refractivity contribution in [3.05, 3.63) is 59.9 Å². The normalized spacial score (nSPS) is 16.7. The maximum absolute atomic E-state index is 13.9. The van der Waals surface area contributed by atoms with Gasteiger partial charge in [0.2, 0.25) is 0 Å². The molecule has 2 aromatic carbocycles. The van der Waals surface area contributed by atoms with Crippen molar-refractivity contribution in [2.24, 2.45) is 5.92 Å². The summed E-state index contributed by atoms with van der Waals surface area (Å²) < 4.78 is 19.3. The smallest absolute Gasteiger partial charge is 0.251 e. The van der Waals surface area contributed by atoms with Crippen LogP contribution >= 0.6 is 0 Å². The van der Waals surface area contributed by atoms with E-state index in [1.165, 1.54) is 6.07 Å². The van der Waals surface area contributed by atoms with Crippen molar-refractivity contribution in [1.82, 2.24) is 5.32 Å². The lowest BCUT2D eigenvalue weighted by Gasteiger charge is -2.19. The van der Waals surface area contributed by atoms with E-state index in [0.29, 0.717) is 36.1 Å². The van der Waals surface area contributed by atoms with E-state index in [1.807, 2.05) is 30.0 Å². The lowest BCUT2D eigenvalue weighted by Crippen LogP contribution is -2.31. The minimum absolute atomic E-state index is 0.106. The van der Waals surface area contributed by atoms with Crippen LogP contribution in [0.4, 0.5) is 10.1 Å². The van der Waals surface area contributed by atoms with E-state index in [9.17, 15) is 9.18 Å². The lowest BCUT2D eigenvalue weighted by molar-refractivity contribution is 0.0948. The van der Waals surface area contributed by atoms with E-state index < -0.39 is 0 Å². The summed E-state index contributed by atoms with van der Waals surface area (Å²) in [5.74, 6) is 0.714. The third-order valence-electron chi connectivity index (χ3n) is 4.44. The van der Waals surface area contributed by atoms with Gasteiger partial charge in [0.1, 0.15) is 11.6 Å². The molecule has 132 valence electrons. The Hall–Kier alpha value is -2.56. The molecule has 2 aromatic rings. The van der Waals surface area contributed by atoms with E-state index in [2.05, 4.69) is 5.32 Å². The van der Waals surface area contributed by atoms with Gasteiger partial charge in [0.25, 0.3) is 5.91 Å². The summed E-state index contributed by atoms with van der Waals surface area (Å²) in [6, 6.07) is 14.0. The SMILES string of the molecule is CCOc1cccc(C(=O)NC[C@@H]2CCN(c3ccccc3F)C2)c1. The molecule has 0 aromatic heterocycles. The third-order valence-corrected chi connectivity index (χ3v) is 4.44. The van der Waals surface area contributed by atoms with Crippen LogP contribution in [0.5, 0.6) is 5.75 Å². The summed E-state index contributed by atoms with van der Waals surface area (Å²) in [5.41, 5.74) is 1.23. The molecule has 0 radical (unpaired) electrons. The highest BCUT2D eigenvalue weighted by Crippen LogP contribution is 2.25. The Kier molecular flexibility index (Phi) is 5.53. The van der Waals surface area contributed by atoms with Crippen LogP contribution in [-0.2, 0) is 0 Å². The molecule has 0 saturated carbocycles. The topological polar surface area (TPSA) is 41.6 Å². The lowest BCUT2D eigenvalue weighted by atomic mass is 10.1. The van der Waals surface area contributed by atoms with Gasteiger partial charge in [-0.2, -0.15) is 0 Å². The van der Waals surface area contributed by atoms with Crippen molar-refractivity contribution in [3.8, 4) is 5.75 Å². The van der Waals surface area contributed by atoms with Crippen molar-refractivity contribution in [3.63, 3.8) is 0 Å². The van der Waals surface area contributed by atoms with Crippen LogP contribution in [0.25, 0.3) is 0 Å². The first kappa shape index (κ1) is 17.3. The zero-order valence-corrected chi connectivity index (χ0v) is 14.4. The van der Waals surface area contributed by atoms with Gasteiger partial charge < -0.3 is 15.0 Å². The van der Waals surface area contributed by atoms with Gasteiger partial charge in [-0.25, -0.2) is 4.39 Å². The molecule has 1 aliphatic rings. The molecule has 1 atom stereocenters. The fraction of sp³-hybridized carbons (Fsp3) is 0.350. The summed E-state index contributed by atoms with van der Waals surface area (Å²) in [4.78, 5) is 14.4.